The second-order valence-electron chi connectivity index (χ2n) is 10.8. The van der Waals surface area contributed by atoms with Crippen molar-refractivity contribution in [2.45, 2.75) is 95.5 Å². The summed E-state index contributed by atoms with van der Waals surface area (Å²) in [5, 5.41) is 6.11. The van der Waals surface area contributed by atoms with Crippen LogP contribution in [0.25, 0.3) is 16.6 Å². The summed E-state index contributed by atoms with van der Waals surface area (Å²) in [5.74, 6) is 3.24. The van der Waals surface area contributed by atoms with Crippen LogP contribution in [0.3, 0.4) is 0 Å². The number of benzene rings is 2. The smallest absolute Gasteiger partial charge is 0.140 e. The van der Waals surface area contributed by atoms with Gasteiger partial charge in [-0.25, -0.2) is 14.6 Å². The van der Waals surface area contributed by atoms with Crippen LogP contribution in [0.1, 0.15) is 92.0 Å². The van der Waals surface area contributed by atoms with E-state index in [1.54, 1.807) is 0 Å². The molecule has 2 saturated heterocycles. The zero-order chi connectivity index (χ0) is 32.3. The van der Waals surface area contributed by atoms with Crippen LogP contribution in [0.5, 0.6) is 0 Å². The number of aryl methyl sites for hydroxylation is 2. The fraction of sp³-hybridized carbons (Fsp3) is 0.541. The maximum absolute atomic E-state index is 4.95. The van der Waals surface area contributed by atoms with Crippen LogP contribution in [-0.4, -0.2) is 50.8 Å². The molecule has 2 atom stereocenters. The van der Waals surface area contributed by atoms with Crippen molar-refractivity contribution in [1.29, 1.82) is 0 Å². The maximum Gasteiger partial charge on any atom is 0.140 e. The average molecular weight is 587 g/mol. The van der Waals surface area contributed by atoms with Crippen LogP contribution in [0.15, 0.2) is 54.6 Å². The van der Waals surface area contributed by atoms with E-state index in [-0.39, 0.29) is 5.54 Å². The summed E-state index contributed by atoms with van der Waals surface area (Å²) in [5.41, 5.74) is 5.80. The number of likely N-dealkylation sites (tertiary alicyclic amines) is 1. The van der Waals surface area contributed by atoms with Crippen LogP contribution < -0.4 is 4.90 Å². The lowest BCUT2D eigenvalue weighted by molar-refractivity contribution is 0.143. The number of hydrogen-bond acceptors (Lipinski definition) is 5. The summed E-state index contributed by atoms with van der Waals surface area (Å²) in [6.07, 6.45) is 0. The molecule has 2 aliphatic rings. The minimum absolute atomic E-state index is 0.0748. The van der Waals surface area contributed by atoms with Gasteiger partial charge in [0.25, 0.3) is 0 Å². The number of anilines is 1. The van der Waals surface area contributed by atoms with Crippen molar-refractivity contribution in [2.75, 3.05) is 31.1 Å². The molecule has 0 spiro atoms. The summed E-state index contributed by atoms with van der Waals surface area (Å²) in [7, 11) is 0. The average Bonchev–Trinajstić information content (AvgIpc) is 3.73. The van der Waals surface area contributed by atoms with E-state index in [1.165, 1.54) is 11.3 Å². The van der Waals surface area contributed by atoms with Crippen LogP contribution in [0.4, 0.5) is 5.82 Å². The Morgan fingerprint density at radius 3 is 1.79 bits per heavy atom. The van der Waals surface area contributed by atoms with E-state index >= 15 is 0 Å². The molecule has 2 unspecified atom stereocenters. The number of nitrogens with zero attached hydrogens (tertiary/aromatic N) is 6. The van der Waals surface area contributed by atoms with Gasteiger partial charge in [0, 0.05) is 48.4 Å². The number of para-hydroxylation sites is 2. The van der Waals surface area contributed by atoms with Crippen LogP contribution in [-0.2, 0) is 5.54 Å². The van der Waals surface area contributed by atoms with E-state index in [0.29, 0.717) is 11.8 Å². The standard InChI is InChI=1S/C29H34N6.4C2H6/c1-19-27(20(2)35(32-19)24-11-7-6-8-12-24)29(4,5)34-17-22-15-33(16-23(22)18-34)28-25-13-9-10-14-26(25)30-21(3)31-28;4*1-2/h6-14,22-23H,15-18H2,1-5H3;4*1-2H3. The third kappa shape index (κ3) is 7.46. The molecule has 0 aliphatic carbocycles. The highest BCUT2D eigenvalue weighted by atomic mass is 15.3. The molecule has 43 heavy (non-hydrogen) atoms. The van der Waals surface area contributed by atoms with E-state index < -0.39 is 0 Å². The Morgan fingerprint density at radius 2 is 1.21 bits per heavy atom. The summed E-state index contributed by atoms with van der Waals surface area (Å²) >= 11 is 0. The Morgan fingerprint density at radius 1 is 0.674 bits per heavy atom. The Labute approximate surface area is 262 Å². The van der Waals surface area contributed by atoms with Gasteiger partial charge in [0.1, 0.15) is 11.6 Å². The predicted octanol–water partition coefficient (Wildman–Crippen LogP) is 9.15. The summed E-state index contributed by atoms with van der Waals surface area (Å²) in [6, 6.07) is 18.9. The first-order valence-electron chi connectivity index (χ1n) is 16.7. The minimum Gasteiger partial charge on any atom is -0.355 e. The van der Waals surface area contributed by atoms with Crippen LogP contribution >= 0.6 is 0 Å². The quantitative estimate of drug-likeness (QED) is 0.239. The second-order valence-corrected chi connectivity index (χ2v) is 10.8. The predicted molar refractivity (Wildman–Crippen MR) is 186 cm³/mol. The number of hydrogen-bond donors (Lipinski definition) is 0. The minimum atomic E-state index is -0.0748. The SMILES string of the molecule is CC.CC.CC.CC.Cc1nc(N2CC3CN(C(C)(C)c4c(C)nn(-c5ccccc5)c4C)CC3C2)c2ccccc2n1. The molecular formula is C37H58N6. The van der Waals surface area contributed by atoms with E-state index in [4.69, 9.17) is 10.1 Å². The second kappa shape index (κ2) is 16.6. The zero-order valence-corrected chi connectivity index (χ0v) is 29.4. The number of rotatable bonds is 4. The molecule has 6 rings (SSSR count). The highest BCUT2D eigenvalue weighted by molar-refractivity contribution is 5.89. The van der Waals surface area contributed by atoms with Crippen molar-refractivity contribution in [2.24, 2.45) is 11.8 Å². The van der Waals surface area contributed by atoms with Crippen LogP contribution in [0.2, 0.25) is 0 Å². The van der Waals surface area contributed by atoms with E-state index in [9.17, 15) is 0 Å². The third-order valence-electron chi connectivity index (χ3n) is 8.18. The number of aromatic nitrogens is 4. The molecule has 2 aliphatic heterocycles. The van der Waals surface area contributed by atoms with Gasteiger partial charge in [-0.15, -0.1) is 0 Å². The molecule has 2 aromatic carbocycles. The van der Waals surface area contributed by atoms with Crippen molar-refractivity contribution >= 4 is 16.7 Å². The topological polar surface area (TPSA) is 50.1 Å². The lowest BCUT2D eigenvalue weighted by Crippen LogP contribution is -2.42. The van der Waals surface area contributed by atoms with Crippen molar-refractivity contribution < 1.29 is 0 Å². The molecule has 4 heterocycles. The summed E-state index contributed by atoms with van der Waals surface area (Å²) < 4.78 is 2.10. The molecule has 4 aromatic rings. The maximum atomic E-state index is 4.95. The molecule has 0 saturated carbocycles. The molecule has 2 aromatic heterocycles. The van der Waals surface area contributed by atoms with Crippen molar-refractivity contribution in [3.63, 3.8) is 0 Å². The first kappa shape index (κ1) is 35.9. The monoisotopic (exact) mass is 586 g/mol. The van der Waals surface area contributed by atoms with Gasteiger partial charge in [-0.05, 0) is 70.7 Å². The first-order chi connectivity index (χ1) is 20.8. The van der Waals surface area contributed by atoms with Crippen LogP contribution in [0, 0.1) is 32.6 Å². The number of fused-ring (bicyclic) bond motifs is 2. The molecule has 2 fully saturated rings. The van der Waals surface area contributed by atoms with E-state index in [2.05, 4.69) is 102 Å². The fourth-order valence-corrected chi connectivity index (χ4v) is 6.54. The normalized spacial score (nSPS) is 17.4. The Balaban J connectivity index is 0.000000748. The molecule has 0 N–H and O–H groups in total. The third-order valence-corrected chi connectivity index (χ3v) is 8.18. The van der Waals surface area contributed by atoms with Crippen molar-refractivity contribution in [1.82, 2.24) is 24.6 Å². The highest BCUT2D eigenvalue weighted by Crippen LogP contribution is 2.42. The summed E-state index contributed by atoms with van der Waals surface area (Å²) in [4.78, 5) is 14.7. The largest absolute Gasteiger partial charge is 0.355 e. The van der Waals surface area contributed by atoms with Gasteiger partial charge in [0.05, 0.1) is 16.9 Å². The molecule has 0 radical (unpaired) electrons. The summed E-state index contributed by atoms with van der Waals surface area (Å²) in [6.45, 7) is 31.4. The van der Waals surface area contributed by atoms with Gasteiger partial charge < -0.3 is 4.90 Å². The molecule has 6 heteroatoms. The highest BCUT2D eigenvalue weighted by Gasteiger charge is 2.46. The molecular weight excluding hydrogens is 528 g/mol. The Kier molecular flexibility index (Phi) is 13.8. The molecule has 0 amide bonds. The lowest BCUT2D eigenvalue weighted by atomic mass is 9.90. The molecule has 0 bridgehead atoms. The van der Waals surface area contributed by atoms with E-state index in [0.717, 1.165) is 60.1 Å². The van der Waals surface area contributed by atoms with Gasteiger partial charge in [-0.1, -0.05) is 85.7 Å². The van der Waals surface area contributed by atoms with E-state index in [1.807, 2.05) is 62.3 Å². The van der Waals surface area contributed by atoms with Gasteiger partial charge in [0.15, 0.2) is 0 Å². The van der Waals surface area contributed by atoms with Crippen molar-refractivity contribution in [3.05, 3.63) is 77.4 Å². The van der Waals surface area contributed by atoms with Gasteiger partial charge >= 0.3 is 0 Å². The Hall–Kier alpha value is -3.25. The molecule has 6 nitrogen and oxygen atoms in total. The Bertz CT molecular complexity index is 1380. The van der Waals surface area contributed by atoms with Gasteiger partial charge in [-0.2, -0.15) is 5.10 Å². The zero-order valence-electron chi connectivity index (χ0n) is 29.4. The first-order valence-corrected chi connectivity index (χ1v) is 16.7. The fourth-order valence-electron chi connectivity index (χ4n) is 6.54. The van der Waals surface area contributed by atoms with Crippen molar-refractivity contribution in [3.8, 4) is 5.69 Å². The lowest BCUT2D eigenvalue weighted by Gasteiger charge is -2.37. The molecule has 236 valence electrons. The van der Waals surface area contributed by atoms with Gasteiger partial charge in [0.2, 0.25) is 0 Å². The van der Waals surface area contributed by atoms with Gasteiger partial charge in [-0.3, -0.25) is 4.90 Å².